The van der Waals surface area contributed by atoms with Crippen LogP contribution in [0.1, 0.15) is 106 Å². The van der Waals surface area contributed by atoms with Crippen LogP contribution in [0.3, 0.4) is 0 Å². The molecule has 5 saturated carbocycles. The van der Waals surface area contributed by atoms with Crippen LogP contribution >= 0.6 is 0 Å². The first-order valence-electron chi connectivity index (χ1n) is 13.8. The summed E-state index contributed by atoms with van der Waals surface area (Å²) in [4.78, 5) is 12.8. The lowest BCUT2D eigenvalue weighted by molar-refractivity contribution is -0.253. The lowest BCUT2D eigenvalue weighted by Crippen LogP contribution is -2.68. The van der Waals surface area contributed by atoms with Gasteiger partial charge in [0.2, 0.25) is 0 Å². The Bertz CT molecular complexity index is 861. The summed E-state index contributed by atoms with van der Waals surface area (Å²) in [6, 6.07) is 0. The molecule has 0 saturated heterocycles. The Morgan fingerprint density at radius 2 is 1.58 bits per heavy atom. The minimum atomic E-state index is -0.550. The Labute approximate surface area is 201 Å². The summed E-state index contributed by atoms with van der Waals surface area (Å²) in [5, 5.41) is 21.4. The number of hydrogen-bond acceptors (Lipinski definition) is 2. The standard InChI is InChI=1S/C30H48O3/c1-18-10-15-30(25(32)33)17-16-28(6)20(24(30)19(18)2)8-9-22-27(5)13-12-23(31)26(3,4)21(27)11-14-29(22,28)7/h19-24,31H,1,8-17H2,2-7H3,(H,32,33)/t19-,20+,21-,22+,23-,24-,27-,28+,29+,30-/m0/s1. The SMILES string of the molecule is C=C1CC[C@]2(C(=O)O)CC[C@]3(C)[C@H](CC[C@@H]4[C@@]5(C)CC[C@H](O)C(C)(C)[C@@H]5CC[C@]43C)[C@@H]2[C@H]1C. The molecule has 5 fully saturated rings. The first-order chi connectivity index (χ1) is 15.3. The Balaban J connectivity index is 1.57. The minimum Gasteiger partial charge on any atom is -0.481 e. The van der Waals surface area contributed by atoms with Crippen molar-refractivity contribution in [2.45, 2.75) is 112 Å². The summed E-state index contributed by atoms with van der Waals surface area (Å²) in [6.07, 6.45) is 10.2. The van der Waals surface area contributed by atoms with Crippen molar-refractivity contribution in [3.63, 3.8) is 0 Å². The molecule has 0 bridgehead atoms. The Morgan fingerprint density at radius 3 is 2.24 bits per heavy atom. The van der Waals surface area contributed by atoms with Gasteiger partial charge in [-0.1, -0.05) is 53.7 Å². The van der Waals surface area contributed by atoms with Crippen molar-refractivity contribution in [1.29, 1.82) is 0 Å². The third-order valence-corrected chi connectivity index (χ3v) is 13.6. The number of allylic oxidation sites excluding steroid dienone is 1. The Kier molecular flexibility index (Phi) is 5.15. The van der Waals surface area contributed by atoms with E-state index in [0.29, 0.717) is 23.7 Å². The number of aliphatic carboxylic acids is 1. The predicted octanol–water partition coefficient (Wildman–Crippen LogP) is 7.09. The van der Waals surface area contributed by atoms with Crippen molar-refractivity contribution in [2.75, 3.05) is 0 Å². The first-order valence-corrected chi connectivity index (χ1v) is 13.8. The minimum absolute atomic E-state index is 0.0211. The fourth-order valence-electron chi connectivity index (χ4n) is 11.4. The molecule has 0 spiro atoms. The highest BCUT2D eigenvalue weighted by Gasteiger charge is 2.71. The molecule has 10 atom stereocenters. The van der Waals surface area contributed by atoms with Crippen LogP contribution in [0.25, 0.3) is 0 Å². The van der Waals surface area contributed by atoms with E-state index in [1.807, 2.05) is 0 Å². The molecule has 2 N–H and O–H groups in total. The zero-order valence-corrected chi connectivity index (χ0v) is 22.0. The molecule has 5 rings (SSSR count). The van der Waals surface area contributed by atoms with Gasteiger partial charge < -0.3 is 10.2 Å². The maximum atomic E-state index is 12.8. The lowest BCUT2D eigenvalue weighted by atomic mass is 9.31. The van der Waals surface area contributed by atoms with E-state index in [9.17, 15) is 15.0 Å². The largest absolute Gasteiger partial charge is 0.481 e. The van der Waals surface area contributed by atoms with Crippen LogP contribution in [-0.2, 0) is 4.79 Å². The molecule has 0 amide bonds. The zero-order valence-electron chi connectivity index (χ0n) is 22.0. The molecule has 3 heteroatoms. The van der Waals surface area contributed by atoms with E-state index in [2.05, 4.69) is 48.1 Å². The fourth-order valence-corrected chi connectivity index (χ4v) is 11.4. The number of carboxylic acids is 1. The monoisotopic (exact) mass is 456 g/mol. The molecular weight excluding hydrogens is 408 g/mol. The van der Waals surface area contributed by atoms with Gasteiger partial charge in [0, 0.05) is 0 Å². The van der Waals surface area contributed by atoms with Gasteiger partial charge in [-0.25, -0.2) is 0 Å². The van der Waals surface area contributed by atoms with Crippen LogP contribution < -0.4 is 0 Å². The van der Waals surface area contributed by atoms with Crippen LogP contribution in [0.2, 0.25) is 0 Å². The molecule has 0 aromatic heterocycles. The molecule has 33 heavy (non-hydrogen) atoms. The molecule has 0 radical (unpaired) electrons. The van der Waals surface area contributed by atoms with E-state index in [1.165, 1.54) is 31.3 Å². The van der Waals surface area contributed by atoms with Gasteiger partial charge in [0.05, 0.1) is 11.5 Å². The second-order valence-corrected chi connectivity index (χ2v) is 14.5. The van der Waals surface area contributed by atoms with E-state index in [1.54, 1.807) is 0 Å². The van der Waals surface area contributed by atoms with E-state index in [4.69, 9.17) is 0 Å². The summed E-state index contributed by atoms with van der Waals surface area (Å²) >= 11 is 0. The summed E-state index contributed by atoms with van der Waals surface area (Å²) in [5.74, 6) is 1.69. The van der Waals surface area contributed by atoms with Gasteiger partial charge in [0.15, 0.2) is 0 Å². The topological polar surface area (TPSA) is 57.5 Å². The zero-order chi connectivity index (χ0) is 24.2. The Morgan fingerprint density at radius 1 is 0.879 bits per heavy atom. The third kappa shape index (κ3) is 2.75. The van der Waals surface area contributed by atoms with Gasteiger partial charge in [-0.2, -0.15) is 0 Å². The van der Waals surface area contributed by atoms with Gasteiger partial charge in [0.1, 0.15) is 0 Å². The smallest absolute Gasteiger partial charge is 0.309 e. The molecule has 5 aliphatic carbocycles. The van der Waals surface area contributed by atoms with Crippen LogP contribution in [0.15, 0.2) is 12.2 Å². The average Bonchev–Trinajstić information content (AvgIpc) is 2.74. The highest BCUT2D eigenvalue weighted by molar-refractivity contribution is 5.76. The van der Waals surface area contributed by atoms with E-state index >= 15 is 0 Å². The van der Waals surface area contributed by atoms with Crippen molar-refractivity contribution < 1.29 is 15.0 Å². The molecule has 0 aromatic carbocycles. The van der Waals surface area contributed by atoms with E-state index < -0.39 is 11.4 Å². The van der Waals surface area contributed by atoms with Crippen LogP contribution in [0, 0.1) is 56.7 Å². The average molecular weight is 457 g/mol. The maximum Gasteiger partial charge on any atom is 0.309 e. The molecule has 0 aliphatic heterocycles. The van der Waals surface area contributed by atoms with Gasteiger partial charge >= 0.3 is 5.97 Å². The molecule has 0 aromatic rings. The normalized spacial score (nSPS) is 55.5. The number of aliphatic hydroxyl groups excluding tert-OH is 1. The highest BCUT2D eigenvalue weighted by Crippen LogP contribution is 2.77. The maximum absolute atomic E-state index is 12.8. The van der Waals surface area contributed by atoms with Crippen molar-refractivity contribution in [2.24, 2.45) is 56.7 Å². The van der Waals surface area contributed by atoms with Crippen LogP contribution in [0.4, 0.5) is 0 Å². The van der Waals surface area contributed by atoms with Crippen molar-refractivity contribution in [3.8, 4) is 0 Å². The number of carboxylic acid groups (broad SMARTS) is 1. The molecule has 186 valence electrons. The Hall–Kier alpha value is -0.830. The van der Waals surface area contributed by atoms with Crippen molar-refractivity contribution >= 4 is 5.97 Å². The molecule has 0 heterocycles. The summed E-state index contributed by atoms with van der Waals surface area (Å²) < 4.78 is 0. The second-order valence-electron chi connectivity index (χ2n) is 14.5. The number of hydrogen-bond donors (Lipinski definition) is 2. The first kappa shape index (κ1) is 23.9. The highest BCUT2D eigenvalue weighted by atomic mass is 16.4. The molecule has 0 unspecified atom stereocenters. The third-order valence-electron chi connectivity index (χ3n) is 13.6. The van der Waals surface area contributed by atoms with E-state index in [0.717, 1.165) is 38.5 Å². The summed E-state index contributed by atoms with van der Waals surface area (Å²) in [6.45, 7) is 19.0. The predicted molar refractivity (Wildman–Crippen MR) is 133 cm³/mol. The lowest BCUT2D eigenvalue weighted by Gasteiger charge is -2.73. The molecular formula is C30H48O3. The van der Waals surface area contributed by atoms with Gasteiger partial charge in [0.25, 0.3) is 0 Å². The molecule has 3 nitrogen and oxygen atoms in total. The summed E-state index contributed by atoms with van der Waals surface area (Å²) in [5.41, 5.74) is 1.40. The second kappa shape index (κ2) is 7.11. The number of rotatable bonds is 1. The van der Waals surface area contributed by atoms with Crippen molar-refractivity contribution in [3.05, 3.63) is 12.2 Å². The quantitative estimate of drug-likeness (QED) is 0.414. The van der Waals surface area contributed by atoms with Gasteiger partial charge in [-0.05, 0) is 115 Å². The van der Waals surface area contributed by atoms with E-state index in [-0.39, 0.29) is 33.7 Å². The van der Waals surface area contributed by atoms with Gasteiger partial charge in [-0.15, -0.1) is 0 Å². The summed E-state index contributed by atoms with van der Waals surface area (Å²) in [7, 11) is 0. The number of carbonyl (C=O) groups is 1. The van der Waals surface area contributed by atoms with Crippen LogP contribution in [0.5, 0.6) is 0 Å². The van der Waals surface area contributed by atoms with Crippen molar-refractivity contribution in [1.82, 2.24) is 0 Å². The number of fused-ring (bicyclic) bond motifs is 7. The van der Waals surface area contributed by atoms with Crippen LogP contribution in [-0.4, -0.2) is 22.3 Å². The van der Waals surface area contributed by atoms with Gasteiger partial charge in [-0.3, -0.25) is 4.79 Å². The number of aliphatic hydroxyl groups is 1. The molecule has 5 aliphatic rings. The fraction of sp³-hybridized carbons (Fsp3) is 0.900.